The molecule has 0 spiro atoms. The molecule has 0 amide bonds. The average molecular weight is 155 g/mol. The number of carbonyl (C=O) groups is 1. The predicted octanol–water partition coefficient (Wildman–Crippen LogP) is -0.00822. The van der Waals surface area contributed by atoms with Crippen molar-refractivity contribution in [1.29, 1.82) is 5.26 Å². The molecule has 1 N–H and O–H groups in total. The van der Waals surface area contributed by atoms with Crippen molar-refractivity contribution in [3.8, 4) is 6.07 Å². The van der Waals surface area contributed by atoms with Crippen molar-refractivity contribution in [2.45, 2.75) is 6.42 Å². The Morgan fingerprint density at radius 2 is 2.36 bits per heavy atom. The van der Waals surface area contributed by atoms with Gasteiger partial charge in [0.15, 0.2) is 0 Å². The maximum absolute atomic E-state index is 10.6. The van der Waals surface area contributed by atoms with Crippen molar-refractivity contribution in [2.75, 3.05) is 13.2 Å². The van der Waals surface area contributed by atoms with Gasteiger partial charge in [-0.1, -0.05) is 6.58 Å². The van der Waals surface area contributed by atoms with Gasteiger partial charge in [-0.15, -0.1) is 0 Å². The Hall–Kier alpha value is -1.34. The number of rotatable bonds is 4. The van der Waals surface area contributed by atoms with Crippen LogP contribution in [0.4, 0.5) is 0 Å². The van der Waals surface area contributed by atoms with Crippen molar-refractivity contribution in [3.05, 3.63) is 12.2 Å². The summed E-state index contributed by atoms with van der Waals surface area (Å²) in [5.74, 6) is -0.721. The van der Waals surface area contributed by atoms with Crippen LogP contribution in [0.2, 0.25) is 0 Å². The molecule has 0 heterocycles. The van der Waals surface area contributed by atoms with Gasteiger partial charge in [0.05, 0.1) is 6.61 Å². The Balaban J connectivity index is 3.55. The van der Waals surface area contributed by atoms with Crippen LogP contribution < -0.4 is 0 Å². The fraction of sp³-hybridized carbons (Fsp3) is 0.429. The molecule has 0 aliphatic rings. The van der Waals surface area contributed by atoms with Crippen molar-refractivity contribution in [3.63, 3.8) is 0 Å². The lowest BCUT2D eigenvalue weighted by atomic mass is 10.3. The zero-order valence-corrected chi connectivity index (χ0v) is 6.04. The molecular formula is C7H9NO3. The second-order valence-corrected chi connectivity index (χ2v) is 1.80. The third-order valence-corrected chi connectivity index (χ3v) is 0.917. The molecule has 0 aromatic carbocycles. The van der Waals surface area contributed by atoms with Gasteiger partial charge >= 0.3 is 5.97 Å². The summed E-state index contributed by atoms with van der Waals surface area (Å²) in [6.45, 7) is 3.24. The minimum atomic E-state index is -0.721. The first kappa shape index (κ1) is 9.66. The molecule has 4 nitrogen and oxygen atoms in total. The van der Waals surface area contributed by atoms with Crippen molar-refractivity contribution < 1.29 is 14.6 Å². The second-order valence-electron chi connectivity index (χ2n) is 1.80. The van der Waals surface area contributed by atoms with Gasteiger partial charge in [-0.3, -0.25) is 0 Å². The Kier molecular flexibility index (Phi) is 4.78. The Morgan fingerprint density at radius 1 is 1.73 bits per heavy atom. The van der Waals surface area contributed by atoms with Crippen LogP contribution in [0.1, 0.15) is 6.42 Å². The summed E-state index contributed by atoms with van der Waals surface area (Å²) in [4.78, 5) is 10.6. The van der Waals surface area contributed by atoms with Crippen LogP contribution in [0.5, 0.6) is 0 Å². The van der Waals surface area contributed by atoms with E-state index in [0.717, 1.165) is 0 Å². The number of aliphatic hydroxyl groups excluding tert-OH is 1. The molecule has 4 heteroatoms. The number of hydrogen-bond donors (Lipinski definition) is 1. The Morgan fingerprint density at radius 3 is 2.82 bits per heavy atom. The van der Waals surface area contributed by atoms with E-state index in [9.17, 15) is 4.79 Å². The lowest BCUT2D eigenvalue weighted by Crippen LogP contribution is -2.07. The third-order valence-electron chi connectivity index (χ3n) is 0.917. The number of nitriles is 1. The molecule has 0 aromatic heterocycles. The second kappa shape index (κ2) is 5.45. The summed E-state index contributed by atoms with van der Waals surface area (Å²) in [6, 6.07) is 1.56. The molecule has 0 radical (unpaired) electrons. The molecule has 0 aliphatic carbocycles. The zero-order chi connectivity index (χ0) is 8.69. The van der Waals surface area contributed by atoms with Crippen LogP contribution in [-0.2, 0) is 9.53 Å². The SMILES string of the molecule is C=C(C#N)C(=O)OCCCO. The standard InChI is InChI=1S/C7H9NO3/c1-6(5-8)7(10)11-4-2-3-9/h9H,1-4H2. The van der Waals surface area contributed by atoms with E-state index in [1.807, 2.05) is 0 Å². The van der Waals surface area contributed by atoms with Crippen molar-refractivity contribution >= 4 is 5.97 Å². The molecule has 0 bridgehead atoms. The summed E-state index contributed by atoms with van der Waals surface area (Å²) in [5, 5.41) is 16.5. The fourth-order valence-electron chi connectivity index (χ4n) is 0.362. The van der Waals surface area contributed by atoms with E-state index in [4.69, 9.17) is 10.4 Å². The van der Waals surface area contributed by atoms with E-state index in [-0.39, 0.29) is 18.8 Å². The molecule has 0 rings (SSSR count). The van der Waals surface area contributed by atoms with Crippen LogP contribution in [0.3, 0.4) is 0 Å². The smallest absolute Gasteiger partial charge is 0.348 e. The average Bonchev–Trinajstić information content (AvgIpc) is 2.03. The van der Waals surface area contributed by atoms with Gasteiger partial charge in [-0.05, 0) is 0 Å². The number of nitrogens with zero attached hydrogens (tertiary/aromatic N) is 1. The molecule has 60 valence electrons. The number of aliphatic hydroxyl groups is 1. The quantitative estimate of drug-likeness (QED) is 0.268. The Labute approximate surface area is 64.7 Å². The monoisotopic (exact) mass is 155 g/mol. The Bertz CT molecular complexity index is 192. The fourth-order valence-corrected chi connectivity index (χ4v) is 0.362. The van der Waals surface area contributed by atoms with Gasteiger partial charge in [0.25, 0.3) is 0 Å². The maximum Gasteiger partial charge on any atom is 0.348 e. The first-order valence-electron chi connectivity index (χ1n) is 3.09. The molecule has 0 unspecified atom stereocenters. The molecule has 0 aliphatic heterocycles. The van der Waals surface area contributed by atoms with Crippen LogP contribution in [-0.4, -0.2) is 24.3 Å². The highest BCUT2D eigenvalue weighted by Crippen LogP contribution is 1.92. The van der Waals surface area contributed by atoms with Gasteiger partial charge in [0, 0.05) is 13.0 Å². The van der Waals surface area contributed by atoms with E-state index in [0.29, 0.717) is 6.42 Å². The molecule has 0 saturated carbocycles. The highest BCUT2D eigenvalue weighted by molar-refractivity contribution is 5.91. The number of esters is 1. The van der Waals surface area contributed by atoms with Crippen LogP contribution in [0.25, 0.3) is 0 Å². The minimum absolute atomic E-state index is 0.0354. The maximum atomic E-state index is 10.6. The zero-order valence-electron chi connectivity index (χ0n) is 6.04. The van der Waals surface area contributed by atoms with Gasteiger partial charge in [-0.25, -0.2) is 4.79 Å². The lowest BCUT2D eigenvalue weighted by molar-refractivity contribution is -0.138. The summed E-state index contributed by atoms with van der Waals surface area (Å²) >= 11 is 0. The number of carbonyl (C=O) groups excluding carboxylic acids is 1. The van der Waals surface area contributed by atoms with E-state index >= 15 is 0 Å². The van der Waals surface area contributed by atoms with Gasteiger partial charge in [-0.2, -0.15) is 5.26 Å². The van der Waals surface area contributed by atoms with Crippen LogP contribution in [0.15, 0.2) is 12.2 Å². The number of ether oxygens (including phenoxy) is 1. The largest absolute Gasteiger partial charge is 0.461 e. The number of hydrogen-bond acceptors (Lipinski definition) is 4. The lowest BCUT2D eigenvalue weighted by Gasteiger charge is -1.99. The van der Waals surface area contributed by atoms with E-state index in [2.05, 4.69) is 11.3 Å². The van der Waals surface area contributed by atoms with E-state index in [1.165, 1.54) is 0 Å². The van der Waals surface area contributed by atoms with Crippen LogP contribution >= 0.6 is 0 Å². The van der Waals surface area contributed by atoms with Crippen molar-refractivity contribution in [2.24, 2.45) is 0 Å². The molecule has 0 fully saturated rings. The van der Waals surface area contributed by atoms with Gasteiger partial charge in [0.2, 0.25) is 0 Å². The first-order chi connectivity index (χ1) is 5.22. The van der Waals surface area contributed by atoms with Crippen molar-refractivity contribution in [1.82, 2.24) is 0 Å². The first-order valence-corrected chi connectivity index (χ1v) is 3.09. The highest BCUT2D eigenvalue weighted by atomic mass is 16.5. The van der Waals surface area contributed by atoms with Crippen LogP contribution in [0, 0.1) is 11.3 Å². The molecular weight excluding hydrogens is 146 g/mol. The minimum Gasteiger partial charge on any atom is -0.461 e. The summed E-state index contributed by atoms with van der Waals surface area (Å²) < 4.78 is 4.51. The normalized spacial score (nSPS) is 8.36. The molecule has 0 saturated heterocycles. The van der Waals surface area contributed by atoms with E-state index < -0.39 is 5.97 Å². The highest BCUT2D eigenvalue weighted by Gasteiger charge is 2.05. The summed E-state index contributed by atoms with van der Waals surface area (Å²) in [7, 11) is 0. The topological polar surface area (TPSA) is 70.3 Å². The molecule has 0 aromatic rings. The molecule has 0 atom stereocenters. The predicted molar refractivity (Wildman–Crippen MR) is 37.4 cm³/mol. The summed E-state index contributed by atoms with van der Waals surface area (Å²) in [6.07, 6.45) is 0.379. The van der Waals surface area contributed by atoms with Gasteiger partial charge < -0.3 is 9.84 Å². The van der Waals surface area contributed by atoms with Gasteiger partial charge in [0.1, 0.15) is 11.6 Å². The molecule has 11 heavy (non-hydrogen) atoms. The van der Waals surface area contributed by atoms with E-state index in [1.54, 1.807) is 6.07 Å². The summed E-state index contributed by atoms with van der Waals surface area (Å²) in [5.41, 5.74) is -0.220. The third kappa shape index (κ3) is 4.12.